The van der Waals surface area contributed by atoms with E-state index >= 15 is 0 Å². The van der Waals surface area contributed by atoms with Crippen molar-refractivity contribution in [2.24, 2.45) is 0 Å². The van der Waals surface area contributed by atoms with Crippen molar-refractivity contribution in [1.29, 1.82) is 0 Å². The highest BCUT2D eigenvalue weighted by molar-refractivity contribution is 4.71. The summed E-state index contributed by atoms with van der Waals surface area (Å²) in [5.74, 6) is 0. The molecule has 0 aliphatic heterocycles. The Morgan fingerprint density at radius 3 is 2.27 bits per heavy atom. The Labute approximate surface area is 59.5 Å². The SMILES string of the molecule is FC=CCOC(F)C(F)(F)F. The van der Waals surface area contributed by atoms with Gasteiger partial charge in [-0.3, -0.25) is 0 Å². The molecule has 1 unspecified atom stereocenters. The quantitative estimate of drug-likeness (QED) is 0.599. The zero-order chi connectivity index (χ0) is 8.91. The molecule has 0 heterocycles. The molecule has 0 aromatic carbocycles. The van der Waals surface area contributed by atoms with Gasteiger partial charge in [0, 0.05) is 0 Å². The lowest BCUT2D eigenvalue weighted by atomic mass is 10.6. The standard InChI is InChI=1S/C5H5F5O/c6-2-1-3-11-4(7)5(8,9)10/h1-2,4H,3H2. The first-order chi connectivity index (χ1) is 4.98. The molecule has 0 rings (SSSR count). The second-order valence-corrected chi connectivity index (χ2v) is 1.55. The summed E-state index contributed by atoms with van der Waals surface area (Å²) >= 11 is 0. The van der Waals surface area contributed by atoms with Crippen LogP contribution >= 0.6 is 0 Å². The number of hydrogen-bond acceptors (Lipinski definition) is 1. The molecule has 0 amide bonds. The van der Waals surface area contributed by atoms with Gasteiger partial charge in [-0.05, 0) is 6.08 Å². The summed E-state index contributed by atoms with van der Waals surface area (Å²) in [5.41, 5.74) is 0. The molecule has 0 radical (unpaired) electrons. The molecule has 0 bridgehead atoms. The second-order valence-electron chi connectivity index (χ2n) is 1.55. The van der Waals surface area contributed by atoms with E-state index < -0.39 is 19.1 Å². The molecule has 0 spiro atoms. The first-order valence-corrected chi connectivity index (χ1v) is 2.56. The summed E-state index contributed by atoms with van der Waals surface area (Å²) in [4.78, 5) is 0. The van der Waals surface area contributed by atoms with Gasteiger partial charge in [0.1, 0.15) is 0 Å². The van der Waals surface area contributed by atoms with E-state index in [0.29, 0.717) is 6.08 Å². The number of hydrogen-bond donors (Lipinski definition) is 0. The van der Waals surface area contributed by atoms with E-state index in [1.54, 1.807) is 0 Å². The Morgan fingerprint density at radius 1 is 1.36 bits per heavy atom. The fourth-order valence-corrected chi connectivity index (χ4v) is 0.271. The molecule has 6 heteroatoms. The zero-order valence-corrected chi connectivity index (χ0v) is 5.24. The average Bonchev–Trinajstić information content (AvgIpc) is 1.86. The predicted molar refractivity (Wildman–Crippen MR) is 27.2 cm³/mol. The van der Waals surface area contributed by atoms with Gasteiger partial charge in [0.25, 0.3) is 6.36 Å². The summed E-state index contributed by atoms with van der Waals surface area (Å²) in [6.07, 6.45) is -7.79. The normalized spacial score (nSPS) is 15.7. The van der Waals surface area contributed by atoms with Crippen molar-refractivity contribution in [1.82, 2.24) is 0 Å². The molecule has 0 saturated heterocycles. The van der Waals surface area contributed by atoms with Crippen LogP contribution in [0.2, 0.25) is 0 Å². The van der Waals surface area contributed by atoms with Gasteiger partial charge in [0.05, 0.1) is 12.9 Å². The van der Waals surface area contributed by atoms with E-state index in [2.05, 4.69) is 4.74 Å². The topological polar surface area (TPSA) is 9.23 Å². The number of halogens is 5. The molecule has 0 aliphatic rings. The maximum atomic E-state index is 11.7. The minimum atomic E-state index is -5.04. The fraction of sp³-hybridized carbons (Fsp3) is 0.600. The van der Waals surface area contributed by atoms with Gasteiger partial charge >= 0.3 is 6.18 Å². The predicted octanol–water partition coefficient (Wildman–Crippen LogP) is 2.34. The van der Waals surface area contributed by atoms with Crippen molar-refractivity contribution >= 4 is 0 Å². The summed E-state index contributed by atoms with van der Waals surface area (Å²) in [6, 6.07) is 0. The monoisotopic (exact) mass is 176 g/mol. The molecular weight excluding hydrogens is 171 g/mol. The number of ether oxygens (including phenoxy) is 1. The highest BCUT2D eigenvalue weighted by Crippen LogP contribution is 2.23. The van der Waals surface area contributed by atoms with Gasteiger partial charge in [-0.2, -0.15) is 13.2 Å². The van der Waals surface area contributed by atoms with Crippen molar-refractivity contribution < 1.29 is 26.7 Å². The van der Waals surface area contributed by atoms with Gasteiger partial charge in [-0.15, -0.1) is 0 Å². The zero-order valence-electron chi connectivity index (χ0n) is 5.24. The molecule has 0 aromatic rings. The summed E-state index contributed by atoms with van der Waals surface area (Å²) < 4.78 is 60.1. The Balaban J connectivity index is 3.61. The third-order valence-electron chi connectivity index (χ3n) is 0.685. The second kappa shape index (κ2) is 4.27. The lowest BCUT2D eigenvalue weighted by Gasteiger charge is -2.10. The first-order valence-electron chi connectivity index (χ1n) is 2.56. The summed E-state index contributed by atoms with van der Waals surface area (Å²) in [5, 5.41) is 0. The minimum absolute atomic E-state index is 0.0247. The van der Waals surface area contributed by atoms with Crippen LogP contribution < -0.4 is 0 Å². The molecule has 0 N–H and O–H groups in total. The molecule has 1 atom stereocenters. The lowest BCUT2D eigenvalue weighted by molar-refractivity contribution is -0.261. The molecular formula is C5H5F5O. The van der Waals surface area contributed by atoms with Gasteiger partial charge in [0.15, 0.2) is 0 Å². The van der Waals surface area contributed by atoms with Crippen molar-refractivity contribution in [3.63, 3.8) is 0 Å². The van der Waals surface area contributed by atoms with E-state index in [4.69, 9.17) is 0 Å². The van der Waals surface area contributed by atoms with Crippen LogP contribution in [0.4, 0.5) is 22.0 Å². The highest BCUT2D eigenvalue weighted by Gasteiger charge is 2.41. The summed E-state index contributed by atoms with van der Waals surface area (Å²) in [7, 11) is 0. The van der Waals surface area contributed by atoms with Gasteiger partial charge in [0.2, 0.25) is 0 Å². The van der Waals surface area contributed by atoms with Crippen LogP contribution in [0.25, 0.3) is 0 Å². The van der Waals surface area contributed by atoms with E-state index in [1.165, 1.54) is 0 Å². The van der Waals surface area contributed by atoms with E-state index in [0.717, 1.165) is 0 Å². The van der Waals surface area contributed by atoms with Gasteiger partial charge in [-0.1, -0.05) is 0 Å². The molecule has 0 aromatic heterocycles. The van der Waals surface area contributed by atoms with Crippen LogP contribution in [0.1, 0.15) is 0 Å². The van der Waals surface area contributed by atoms with Crippen molar-refractivity contribution in [2.45, 2.75) is 12.5 Å². The van der Waals surface area contributed by atoms with Crippen LogP contribution in [0.5, 0.6) is 0 Å². The van der Waals surface area contributed by atoms with Crippen LogP contribution in [0.15, 0.2) is 12.4 Å². The van der Waals surface area contributed by atoms with Crippen molar-refractivity contribution in [2.75, 3.05) is 6.61 Å². The molecule has 1 nitrogen and oxygen atoms in total. The molecule has 11 heavy (non-hydrogen) atoms. The number of rotatable bonds is 3. The first kappa shape index (κ1) is 10.3. The van der Waals surface area contributed by atoms with Gasteiger partial charge < -0.3 is 4.74 Å². The lowest BCUT2D eigenvalue weighted by Crippen LogP contribution is -2.27. The van der Waals surface area contributed by atoms with Crippen molar-refractivity contribution in [3.8, 4) is 0 Å². The maximum absolute atomic E-state index is 11.7. The fourth-order valence-electron chi connectivity index (χ4n) is 0.271. The molecule has 0 fully saturated rings. The van der Waals surface area contributed by atoms with E-state index in [9.17, 15) is 22.0 Å². The van der Waals surface area contributed by atoms with Gasteiger partial charge in [-0.25, -0.2) is 8.78 Å². The molecule has 0 aliphatic carbocycles. The Hall–Kier alpha value is -0.650. The Kier molecular flexibility index (Phi) is 4.02. The van der Waals surface area contributed by atoms with Crippen LogP contribution in [-0.2, 0) is 4.74 Å². The highest BCUT2D eigenvalue weighted by atomic mass is 19.4. The number of alkyl halides is 4. The largest absolute Gasteiger partial charge is 0.445 e. The van der Waals surface area contributed by atoms with Crippen LogP contribution in [0.3, 0.4) is 0 Å². The molecule has 66 valence electrons. The van der Waals surface area contributed by atoms with E-state index in [-0.39, 0.29) is 6.33 Å². The van der Waals surface area contributed by atoms with Crippen LogP contribution in [-0.4, -0.2) is 19.1 Å². The third-order valence-corrected chi connectivity index (χ3v) is 0.685. The average molecular weight is 176 g/mol. The molecule has 0 saturated carbocycles. The van der Waals surface area contributed by atoms with Crippen LogP contribution in [0, 0.1) is 0 Å². The van der Waals surface area contributed by atoms with Crippen molar-refractivity contribution in [3.05, 3.63) is 12.4 Å². The minimum Gasteiger partial charge on any atom is -0.337 e. The Morgan fingerprint density at radius 2 is 1.91 bits per heavy atom. The van der Waals surface area contributed by atoms with E-state index in [1.807, 2.05) is 0 Å². The summed E-state index contributed by atoms with van der Waals surface area (Å²) in [6.45, 7) is -0.739. The Bertz CT molecular complexity index is 129. The smallest absolute Gasteiger partial charge is 0.337 e. The third kappa shape index (κ3) is 4.72. The maximum Gasteiger partial charge on any atom is 0.445 e.